The average molecular weight is 315 g/mol. The minimum atomic E-state index is -0.264. The molecule has 3 nitrogen and oxygen atoms in total. The smallest absolute Gasteiger partial charge is 0.314 e. The van der Waals surface area contributed by atoms with Crippen LogP contribution >= 0.6 is 11.6 Å². The summed E-state index contributed by atoms with van der Waals surface area (Å²) in [4.78, 5) is 12.0. The first-order valence-corrected chi connectivity index (χ1v) is 7.41. The van der Waals surface area contributed by atoms with Crippen molar-refractivity contribution in [3.8, 4) is 0 Å². The molecule has 114 valence electrons. The van der Waals surface area contributed by atoms with Crippen LogP contribution in [0.1, 0.15) is 22.3 Å². The number of halogens is 1. The summed E-state index contributed by atoms with van der Waals surface area (Å²) in [7, 11) is 0. The van der Waals surface area contributed by atoms with E-state index in [4.69, 9.17) is 11.6 Å². The summed E-state index contributed by atoms with van der Waals surface area (Å²) < 4.78 is 0. The zero-order valence-electron chi connectivity index (χ0n) is 12.9. The third-order valence-corrected chi connectivity index (χ3v) is 3.53. The van der Waals surface area contributed by atoms with E-state index in [-0.39, 0.29) is 6.03 Å². The molecule has 4 heteroatoms. The highest BCUT2D eigenvalue weighted by atomic mass is 35.5. The van der Waals surface area contributed by atoms with Gasteiger partial charge in [-0.3, -0.25) is 0 Å². The summed E-state index contributed by atoms with van der Waals surface area (Å²) >= 11 is 5.82. The van der Waals surface area contributed by atoms with Gasteiger partial charge in [0, 0.05) is 16.9 Å². The number of hydrogen-bond acceptors (Lipinski definition) is 1. The number of benzene rings is 2. The van der Waals surface area contributed by atoms with Gasteiger partial charge in [0.1, 0.15) is 0 Å². The van der Waals surface area contributed by atoms with E-state index in [1.807, 2.05) is 51.1 Å². The van der Waals surface area contributed by atoms with Gasteiger partial charge in [0.05, 0.1) is 0 Å². The SMILES string of the molecule is Cc1cc(C)c(NC(=O)N/C=C/c2ccc(Cl)cc2)c(C)c1. The van der Waals surface area contributed by atoms with Crippen LogP contribution in [-0.2, 0) is 0 Å². The maximum absolute atomic E-state index is 12.0. The summed E-state index contributed by atoms with van der Waals surface area (Å²) in [6.45, 7) is 6.01. The lowest BCUT2D eigenvalue weighted by Gasteiger charge is -2.12. The summed E-state index contributed by atoms with van der Waals surface area (Å²) in [6.07, 6.45) is 3.42. The molecular weight excluding hydrogens is 296 g/mol. The second kappa shape index (κ2) is 7.14. The maximum atomic E-state index is 12.0. The van der Waals surface area contributed by atoms with Gasteiger partial charge in [-0.1, -0.05) is 41.4 Å². The molecule has 0 atom stereocenters. The van der Waals surface area contributed by atoms with Gasteiger partial charge in [0.25, 0.3) is 0 Å². The van der Waals surface area contributed by atoms with E-state index in [1.54, 1.807) is 18.3 Å². The molecule has 0 bridgehead atoms. The molecule has 0 aliphatic carbocycles. The summed E-state index contributed by atoms with van der Waals surface area (Å²) in [5.41, 5.74) is 5.10. The standard InChI is InChI=1S/C18H19ClN2O/c1-12-10-13(2)17(14(3)11-12)21-18(22)20-9-8-15-4-6-16(19)7-5-15/h4-11H,1-3H3,(H2,20,21,22)/b9-8+. The Kier molecular flexibility index (Phi) is 5.23. The minimum Gasteiger partial charge on any atom is -0.314 e. The van der Waals surface area contributed by atoms with Gasteiger partial charge in [0.15, 0.2) is 0 Å². The van der Waals surface area contributed by atoms with Crippen LogP contribution in [0.2, 0.25) is 5.02 Å². The molecule has 0 aliphatic heterocycles. The molecule has 2 rings (SSSR count). The number of aryl methyl sites for hydroxylation is 3. The summed E-state index contributed by atoms with van der Waals surface area (Å²) in [5, 5.41) is 6.27. The molecule has 2 aromatic rings. The molecule has 0 spiro atoms. The van der Waals surface area contributed by atoms with E-state index in [2.05, 4.69) is 10.6 Å². The number of urea groups is 1. The molecule has 0 aliphatic rings. The third-order valence-electron chi connectivity index (χ3n) is 3.28. The van der Waals surface area contributed by atoms with Gasteiger partial charge >= 0.3 is 6.03 Å². The largest absolute Gasteiger partial charge is 0.323 e. The second-order valence-corrected chi connectivity index (χ2v) is 5.69. The predicted octanol–water partition coefficient (Wildman–Crippen LogP) is 5.06. The topological polar surface area (TPSA) is 41.1 Å². The fraction of sp³-hybridized carbons (Fsp3) is 0.167. The van der Waals surface area contributed by atoms with Crippen molar-refractivity contribution in [3.05, 3.63) is 69.9 Å². The molecule has 0 saturated heterocycles. The number of anilines is 1. The molecular formula is C18H19ClN2O. The quantitative estimate of drug-likeness (QED) is 0.817. The number of rotatable bonds is 3. The highest BCUT2D eigenvalue weighted by molar-refractivity contribution is 6.30. The summed E-state index contributed by atoms with van der Waals surface area (Å²) in [6, 6.07) is 11.2. The Morgan fingerprint density at radius 3 is 2.23 bits per heavy atom. The van der Waals surface area contributed by atoms with Gasteiger partial charge in [-0.05, 0) is 55.7 Å². The van der Waals surface area contributed by atoms with Crippen LogP contribution in [0, 0.1) is 20.8 Å². The molecule has 0 saturated carbocycles. The Balaban J connectivity index is 1.97. The molecule has 2 aromatic carbocycles. The highest BCUT2D eigenvalue weighted by Crippen LogP contribution is 2.21. The number of amides is 2. The number of hydrogen-bond donors (Lipinski definition) is 2. The van der Waals surface area contributed by atoms with E-state index < -0.39 is 0 Å². The summed E-state index contributed by atoms with van der Waals surface area (Å²) in [5.74, 6) is 0. The van der Waals surface area contributed by atoms with E-state index in [1.165, 1.54) is 5.56 Å². The highest BCUT2D eigenvalue weighted by Gasteiger charge is 2.06. The van der Waals surface area contributed by atoms with Crippen LogP contribution in [0.25, 0.3) is 6.08 Å². The van der Waals surface area contributed by atoms with E-state index in [9.17, 15) is 4.79 Å². The first-order valence-electron chi connectivity index (χ1n) is 7.03. The Bertz CT molecular complexity index is 683. The van der Waals surface area contributed by atoms with E-state index >= 15 is 0 Å². The first kappa shape index (κ1) is 16.1. The molecule has 22 heavy (non-hydrogen) atoms. The van der Waals surface area contributed by atoms with Crippen molar-refractivity contribution in [3.63, 3.8) is 0 Å². The van der Waals surface area contributed by atoms with Crippen molar-refractivity contribution in [1.29, 1.82) is 0 Å². The Labute approximate surface area is 136 Å². The zero-order chi connectivity index (χ0) is 16.1. The molecule has 0 radical (unpaired) electrons. The second-order valence-electron chi connectivity index (χ2n) is 5.26. The Morgan fingerprint density at radius 2 is 1.64 bits per heavy atom. The van der Waals surface area contributed by atoms with Crippen molar-refractivity contribution >= 4 is 29.4 Å². The molecule has 0 fully saturated rings. The number of nitrogens with one attached hydrogen (secondary N) is 2. The van der Waals surface area contributed by atoms with Crippen molar-refractivity contribution in [2.45, 2.75) is 20.8 Å². The zero-order valence-corrected chi connectivity index (χ0v) is 13.7. The predicted molar refractivity (Wildman–Crippen MR) is 93.3 cm³/mol. The van der Waals surface area contributed by atoms with Crippen LogP contribution in [-0.4, -0.2) is 6.03 Å². The first-order chi connectivity index (χ1) is 10.5. The number of carbonyl (C=O) groups is 1. The molecule has 2 amide bonds. The van der Waals surface area contributed by atoms with Crippen molar-refractivity contribution in [2.75, 3.05) is 5.32 Å². The lowest BCUT2D eigenvalue weighted by Crippen LogP contribution is -2.24. The maximum Gasteiger partial charge on any atom is 0.323 e. The monoisotopic (exact) mass is 314 g/mol. The molecule has 2 N–H and O–H groups in total. The molecule has 0 unspecified atom stereocenters. The van der Waals surface area contributed by atoms with Crippen LogP contribution in [0.5, 0.6) is 0 Å². The van der Waals surface area contributed by atoms with Gasteiger partial charge in [-0.15, -0.1) is 0 Å². The Morgan fingerprint density at radius 1 is 1.05 bits per heavy atom. The van der Waals surface area contributed by atoms with Crippen molar-refractivity contribution < 1.29 is 4.79 Å². The van der Waals surface area contributed by atoms with E-state index in [0.717, 1.165) is 22.4 Å². The van der Waals surface area contributed by atoms with Crippen molar-refractivity contribution in [2.24, 2.45) is 0 Å². The van der Waals surface area contributed by atoms with Gasteiger partial charge < -0.3 is 10.6 Å². The van der Waals surface area contributed by atoms with Gasteiger partial charge in [-0.25, -0.2) is 4.79 Å². The Hall–Kier alpha value is -2.26. The van der Waals surface area contributed by atoms with Gasteiger partial charge in [-0.2, -0.15) is 0 Å². The van der Waals surface area contributed by atoms with Crippen LogP contribution in [0.4, 0.5) is 10.5 Å². The van der Waals surface area contributed by atoms with Crippen LogP contribution in [0.3, 0.4) is 0 Å². The average Bonchev–Trinajstić information content (AvgIpc) is 2.45. The fourth-order valence-electron chi connectivity index (χ4n) is 2.31. The lowest BCUT2D eigenvalue weighted by molar-refractivity contribution is 0.255. The number of carbonyl (C=O) groups excluding carboxylic acids is 1. The normalized spacial score (nSPS) is 10.7. The van der Waals surface area contributed by atoms with Crippen LogP contribution < -0.4 is 10.6 Å². The minimum absolute atomic E-state index is 0.264. The third kappa shape index (κ3) is 4.37. The molecule has 0 heterocycles. The molecule has 0 aromatic heterocycles. The lowest BCUT2D eigenvalue weighted by atomic mass is 10.1. The van der Waals surface area contributed by atoms with Gasteiger partial charge in [0.2, 0.25) is 0 Å². The van der Waals surface area contributed by atoms with Crippen LogP contribution in [0.15, 0.2) is 42.6 Å². The van der Waals surface area contributed by atoms with E-state index in [0.29, 0.717) is 5.02 Å². The fourth-order valence-corrected chi connectivity index (χ4v) is 2.44. The van der Waals surface area contributed by atoms with Crippen molar-refractivity contribution in [1.82, 2.24) is 5.32 Å².